The summed E-state index contributed by atoms with van der Waals surface area (Å²) in [5, 5.41) is 9.09. The fourth-order valence-electron chi connectivity index (χ4n) is 1.76. The van der Waals surface area contributed by atoms with Crippen molar-refractivity contribution in [3.63, 3.8) is 0 Å². The second-order valence-electron chi connectivity index (χ2n) is 4.59. The van der Waals surface area contributed by atoms with Gasteiger partial charge in [-0.3, -0.25) is 0 Å². The van der Waals surface area contributed by atoms with Crippen LogP contribution >= 0.6 is 0 Å². The number of benzene rings is 1. The summed E-state index contributed by atoms with van der Waals surface area (Å²) in [6, 6.07) is 10.3. The van der Waals surface area contributed by atoms with E-state index in [1.165, 1.54) is 18.4 Å². The van der Waals surface area contributed by atoms with Crippen LogP contribution in [0.2, 0.25) is 0 Å². The quantitative estimate of drug-likeness (QED) is 0.665. The van der Waals surface area contributed by atoms with Gasteiger partial charge in [0, 0.05) is 6.61 Å². The maximum Gasteiger partial charge on any atom is 0.0716 e. The van der Waals surface area contributed by atoms with Crippen molar-refractivity contribution in [2.45, 2.75) is 51.7 Å². The first-order valence-electron chi connectivity index (χ1n) is 6.59. The molecular weight excluding hydrogens is 212 g/mol. The third-order valence-electron chi connectivity index (χ3n) is 2.77. The molecule has 1 rings (SSSR count). The fraction of sp³-hybridized carbons (Fsp3) is 0.600. The zero-order valence-electron chi connectivity index (χ0n) is 10.8. The Hall–Kier alpha value is -0.860. The van der Waals surface area contributed by atoms with Crippen LogP contribution in [-0.2, 0) is 11.3 Å². The van der Waals surface area contributed by atoms with E-state index < -0.39 is 0 Å². The van der Waals surface area contributed by atoms with Gasteiger partial charge in [-0.25, -0.2) is 0 Å². The fourth-order valence-corrected chi connectivity index (χ4v) is 1.76. The topological polar surface area (TPSA) is 29.5 Å². The van der Waals surface area contributed by atoms with Gasteiger partial charge in [0.2, 0.25) is 0 Å². The van der Waals surface area contributed by atoms with Gasteiger partial charge >= 0.3 is 0 Å². The lowest BCUT2D eigenvalue weighted by Crippen LogP contribution is -1.99. The average molecular weight is 236 g/mol. The third-order valence-corrected chi connectivity index (χ3v) is 2.77. The Morgan fingerprint density at radius 2 is 1.76 bits per heavy atom. The molecule has 1 aromatic rings. The molecule has 2 heteroatoms. The molecule has 0 bridgehead atoms. The highest BCUT2D eigenvalue weighted by Gasteiger charge is 1.96. The maximum absolute atomic E-state index is 9.09. The van der Waals surface area contributed by atoms with Crippen LogP contribution in [-0.4, -0.2) is 17.8 Å². The van der Waals surface area contributed by atoms with Crippen molar-refractivity contribution in [2.75, 3.05) is 6.61 Å². The molecule has 0 aromatic heterocycles. The van der Waals surface area contributed by atoms with Gasteiger partial charge in [-0.2, -0.15) is 0 Å². The minimum atomic E-state index is -0.149. The van der Waals surface area contributed by atoms with E-state index in [-0.39, 0.29) is 6.10 Å². The summed E-state index contributed by atoms with van der Waals surface area (Å²) in [7, 11) is 0. The van der Waals surface area contributed by atoms with Crippen molar-refractivity contribution >= 4 is 0 Å². The number of aliphatic hydroxyl groups excluding tert-OH is 1. The second kappa shape index (κ2) is 9.20. The van der Waals surface area contributed by atoms with Crippen LogP contribution in [0.4, 0.5) is 0 Å². The van der Waals surface area contributed by atoms with Crippen LogP contribution in [0, 0.1) is 0 Å². The van der Waals surface area contributed by atoms with E-state index in [1.807, 2.05) is 25.1 Å². The van der Waals surface area contributed by atoms with Gasteiger partial charge in [-0.05, 0) is 25.3 Å². The Labute approximate surface area is 105 Å². The SMILES string of the molecule is CC(O)CCCCCCOCc1ccccc1. The normalized spacial score (nSPS) is 12.6. The van der Waals surface area contributed by atoms with Crippen molar-refractivity contribution in [2.24, 2.45) is 0 Å². The van der Waals surface area contributed by atoms with Gasteiger partial charge in [-0.1, -0.05) is 49.6 Å². The Morgan fingerprint density at radius 1 is 1.06 bits per heavy atom. The van der Waals surface area contributed by atoms with Gasteiger partial charge in [0.05, 0.1) is 12.7 Å². The minimum absolute atomic E-state index is 0.149. The lowest BCUT2D eigenvalue weighted by molar-refractivity contribution is 0.116. The van der Waals surface area contributed by atoms with E-state index in [2.05, 4.69) is 12.1 Å². The largest absolute Gasteiger partial charge is 0.393 e. The highest BCUT2D eigenvalue weighted by atomic mass is 16.5. The monoisotopic (exact) mass is 236 g/mol. The van der Waals surface area contributed by atoms with Crippen molar-refractivity contribution in [1.82, 2.24) is 0 Å². The van der Waals surface area contributed by atoms with Crippen LogP contribution < -0.4 is 0 Å². The zero-order valence-corrected chi connectivity index (χ0v) is 10.8. The van der Waals surface area contributed by atoms with Crippen molar-refractivity contribution in [1.29, 1.82) is 0 Å². The van der Waals surface area contributed by atoms with Crippen LogP contribution in [0.5, 0.6) is 0 Å². The standard InChI is InChI=1S/C15H24O2/c1-14(16)9-5-2-3-8-12-17-13-15-10-6-4-7-11-15/h4,6-7,10-11,14,16H,2-3,5,8-9,12-13H2,1H3. The average Bonchev–Trinajstić information content (AvgIpc) is 2.33. The number of aliphatic hydroxyl groups is 1. The summed E-state index contributed by atoms with van der Waals surface area (Å²) in [6.45, 7) is 3.40. The minimum Gasteiger partial charge on any atom is -0.393 e. The van der Waals surface area contributed by atoms with E-state index in [0.29, 0.717) is 6.61 Å². The van der Waals surface area contributed by atoms with Gasteiger partial charge in [0.15, 0.2) is 0 Å². The number of unbranched alkanes of at least 4 members (excludes halogenated alkanes) is 3. The van der Waals surface area contributed by atoms with Crippen LogP contribution in [0.3, 0.4) is 0 Å². The Morgan fingerprint density at radius 3 is 2.47 bits per heavy atom. The molecular formula is C15H24O2. The number of hydrogen-bond acceptors (Lipinski definition) is 2. The van der Waals surface area contributed by atoms with Crippen LogP contribution in [0.15, 0.2) is 30.3 Å². The van der Waals surface area contributed by atoms with Gasteiger partial charge in [0.1, 0.15) is 0 Å². The van der Waals surface area contributed by atoms with Gasteiger partial charge in [0.25, 0.3) is 0 Å². The number of hydrogen-bond donors (Lipinski definition) is 1. The maximum atomic E-state index is 9.09. The van der Waals surface area contributed by atoms with Crippen LogP contribution in [0.1, 0.15) is 44.6 Å². The van der Waals surface area contributed by atoms with Crippen LogP contribution in [0.25, 0.3) is 0 Å². The Kier molecular flexibility index (Phi) is 7.69. The molecule has 2 nitrogen and oxygen atoms in total. The summed E-state index contributed by atoms with van der Waals surface area (Å²) in [6.07, 6.45) is 5.40. The zero-order chi connectivity index (χ0) is 12.3. The summed E-state index contributed by atoms with van der Waals surface area (Å²) < 4.78 is 5.60. The van der Waals surface area contributed by atoms with Gasteiger partial charge < -0.3 is 9.84 Å². The molecule has 0 saturated heterocycles. The molecule has 0 amide bonds. The molecule has 0 fully saturated rings. The highest BCUT2D eigenvalue weighted by Crippen LogP contribution is 2.06. The predicted octanol–water partition coefficient (Wildman–Crippen LogP) is 3.53. The summed E-state index contributed by atoms with van der Waals surface area (Å²) in [5.41, 5.74) is 1.24. The molecule has 0 spiro atoms. The molecule has 0 saturated carbocycles. The van der Waals surface area contributed by atoms with E-state index >= 15 is 0 Å². The van der Waals surface area contributed by atoms with E-state index in [9.17, 15) is 0 Å². The molecule has 0 aliphatic carbocycles. The molecule has 0 aliphatic heterocycles. The second-order valence-corrected chi connectivity index (χ2v) is 4.59. The van der Waals surface area contributed by atoms with Gasteiger partial charge in [-0.15, -0.1) is 0 Å². The molecule has 0 radical (unpaired) electrons. The first kappa shape index (κ1) is 14.2. The lowest BCUT2D eigenvalue weighted by Gasteiger charge is -2.05. The molecule has 1 atom stereocenters. The molecule has 17 heavy (non-hydrogen) atoms. The molecule has 0 heterocycles. The number of rotatable bonds is 9. The Bertz CT molecular complexity index is 270. The summed E-state index contributed by atoms with van der Waals surface area (Å²) in [5.74, 6) is 0. The first-order chi connectivity index (χ1) is 8.29. The Balaban J connectivity index is 1.88. The molecule has 1 N–H and O–H groups in total. The predicted molar refractivity (Wildman–Crippen MR) is 70.9 cm³/mol. The lowest BCUT2D eigenvalue weighted by atomic mass is 10.1. The van der Waals surface area contributed by atoms with Crippen molar-refractivity contribution in [3.8, 4) is 0 Å². The highest BCUT2D eigenvalue weighted by molar-refractivity contribution is 5.13. The van der Waals surface area contributed by atoms with E-state index in [1.54, 1.807) is 0 Å². The van der Waals surface area contributed by atoms with Crippen molar-refractivity contribution in [3.05, 3.63) is 35.9 Å². The molecule has 96 valence electrons. The summed E-state index contributed by atoms with van der Waals surface area (Å²) in [4.78, 5) is 0. The number of ether oxygens (including phenoxy) is 1. The summed E-state index contributed by atoms with van der Waals surface area (Å²) >= 11 is 0. The molecule has 1 unspecified atom stereocenters. The first-order valence-corrected chi connectivity index (χ1v) is 6.59. The third kappa shape index (κ3) is 7.94. The molecule has 0 aliphatic rings. The van der Waals surface area contributed by atoms with Crippen molar-refractivity contribution < 1.29 is 9.84 Å². The molecule has 1 aromatic carbocycles. The van der Waals surface area contributed by atoms with E-state index in [0.717, 1.165) is 25.9 Å². The smallest absolute Gasteiger partial charge is 0.0716 e. The van der Waals surface area contributed by atoms with E-state index in [4.69, 9.17) is 9.84 Å².